The van der Waals surface area contributed by atoms with Crippen molar-refractivity contribution in [3.8, 4) is 0 Å². The Kier molecular flexibility index (Phi) is 44.9. The van der Waals surface area contributed by atoms with E-state index in [0.717, 1.165) is 96.3 Å². The van der Waals surface area contributed by atoms with E-state index in [1.54, 1.807) is 0 Å². The molecule has 0 amide bonds. The van der Waals surface area contributed by atoms with Gasteiger partial charge in [-0.2, -0.15) is 0 Å². The minimum atomic E-state index is -0.782. The van der Waals surface area contributed by atoms with Gasteiger partial charge in [0.2, 0.25) is 0 Å². The first-order chi connectivity index (χ1) is 28.5. The first-order valence-electron chi connectivity index (χ1n) is 24.6. The van der Waals surface area contributed by atoms with E-state index in [4.69, 9.17) is 14.2 Å². The van der Waals surface area contributed by atoms with Crippen LogP contribution in [0.3, 0.4) is 0 Å². The van der Waals surface area contributed by atoms with E-state index in [1.165, 1.54) is 109 Å². The zero-order chi connectivity index (χ0) is 42.3. The van der Waals surface area contributed by atoms with E-state index in [1.807, 2.05) is 0 Å². The van der Waals surface area contributed by atoms with Crippen molar-refractivity contribution in [2.24, 2.45) is 0 Å². The van der Waals surface area contributed by atoms with Gasteiger partial charge in [-0.05, 0) is 83.5 Å². The zero-order valence-electron chi connectivity index (χ0n) is 38.3. The number of hydrogen-bond acceptors (Lipinski definition) is 6. The SMILES string of the molecule is CCCCC/C=C\C/C=C\C/C=C\CCCCCCC(=O)OC[C@@H](COC(=O)CCCCCCCCCCC)OC(=O)CCCCCCC/C=C\CCCCCCC. The maximum atomic E-state index is 12.7. The fraction of sp³-hybridized carbons (Fsp3) is 0.788. The largest absolute Gasteiger partial charge is 0.462 e. The van der Waals surface area contributed by atoms with Gasteiger partial charge in [0.05, 0.1) is 0 Å². The third-order valence-corrected chi connectivity index (χ3v) is 10.6. The maximum absolute atomic E-state index is 12.7. The van der Waals surface area contributed by atoms with Gasteiger partial charge in [-0.3, -0.25) is 14.4 Å². The molecule has 336 valence electrons. The molecule has 0 rings (SSSR count). The highest BCUT2D eigenvalue weighted by Gasteiger charge is 2.19. The van der Waals surface area contributed by atoms with Crippen LogP contribution in [0.4, 0.5) is 0 Å². The quantitative estimate of drug-likeness (QED) is 0.0264. The van der Waals surface area contributed by atoms with Crippen molar-refractivity contribution in [3.63, 3.8) is 0 Å². The van der Waals surface area contributed by atoms with Crippen molar-refractivity contribution >= 4 is 17.9 Å². The molecule has 0 aliphatic rings. The first-order valence-corrected chi connectivity index (χ1v) is 24.6. The van der Waals surface area contributed by atoms with Crippen LogP contribution < -0.4 is 0 Å². The van der Waals surface area contributed by atoms with Crippen molar-refractivity contribution in [2.75, 3.05) is 13.2 Å². The number of carbonyl (C=O) groups excluding carboxylic acids is 3. The molecule has 0 spiro atoms. The van der Waals surface area contributed by atoms with E-state index in [9.17, 15) is 14.4 Å². The van der Waals surface area contributed by atoms with Crippen LogP contribution in [0, 0.1) is 0 Å². The molecule has 0 radical (unpaired) electrons. The van der Waals surface area contributed by atoms with E-state index < -0.39 is 6.10 Å². The van der Waals surface area contributed by atoms with Gasteiger partial charge in [-0.15, -0.1) is 0 Å². The molecule has 0 N–H and O–H groups in total. The number of ether oxygens (including phenoxy) is 3. The summed E-state index contributed by atoms with van der Waals surface area (Å²) in [7, 11) is 0. The Balaban J connectivity index is 4.38. The number of unbranched alkanes of at least 4 members (excludes halogenated alkanes) is 25. The summed E-state index contributed by atoms with van der Waals surface area (Å²) >= 11 is 0. The van der Waals surface area contributed by atoms with Crippen LogP contribution in [-0.2, 0) is 28.6 Å². The fourth-order valence-electron chi connectivity index (χ4n) is 6.80. The molecule has 0 unspecified atom stereocenters. The number of rotatable bonds is 44. The number of allylic oxidation sites excluding steroid dienone is 8. The lowest BCUT2D eigenvalue weighted by Gasteiger charge is -2.18. The van der Waals surface area contributed by atoms with Crippen LogP contribution in [0.2, 0.25) is 0 Å². The number of hydrogen-bond donors (Lipinski definition) is 0. The monoisotopic (exact) mass is 813 g/mol. The smallest absolute Gasteiger partial charge is 0.306 e. The Labute approximate surface area is 358 Å². The van der Waals surface area contributed by atoms with E-state index in [-0.39, 0.29) is 31.1 Å². The van der Waals surface area contributed by atoms with Crippen LogP contribution in [-0.4, -0.2) is 37.2 Å². The summed E-state index contributed by atoms with van der Waals surface area (Å²) in [6.07, 6.45) is 55.2. The lowest BCUT2D eigenvalue weighted by atomic mass is 10.1. The average Bonchev–Trinajstić information content (AvgIpc) is 3.22. The van der Waals surface area contributed by atoms with Crippen molar-refractivity contribution in [1.29, 1.82) is 0 Å². The van der Waals surface area contributed by atoms with Gasteiger partial charge in [-0.1, -0.05) is 191 Å². The normalized spacial score (nSPS) is 12.4. The van der Waals surface area contributed by atoms with Crippen molar-refractivity contribution in [1.82, 2.24) is 0 Å². The van der Waals surface area contributed by atoms with Crippen LogP contribution >= 0.6 is 0 Å². The molecule has 0 aromatic carbocycles. The molecule has 0 heterocycles. The van der Waals surface area contributed by atoms with Crippen molar-refractivity contribution in [3.05, 3.63) is 48.6 Å². The van der Waals surface area contributed by atoms with Crippen LogP contribution in [0.15, 0.2) is 48.6 Å². The molecule has 0 saturated carbocycles. The molecule has 0 fully saturated rings. The summed E-state index contributed by atoms with van der Waals surface area (Å²) in [6.45, 7) is 6.56. The van der Waals surface area contributed by atoms with Gasteiger partial charge in [0.15, 0.2) is 6.10 Å². The van der Waals surface area contributed by atoms with E-state index >= 15 is 0 Å². The predicted molar refractivity (Wildman–Crippen MR) is 247 cm³/mol. The second-order valence-corrected chi connectivity index (χ2v) is 16.4. The van der Waals surface area contributed by atoms with Gasteiger partial charge in [0.1, 0.15) is 13.2 Å². The molecule has 58 heavy (non-hydrogen) atoms. The topological polar surface area (TPSA) is 78.9 Å². The van der Waals surface area contributed by atoms with Gasteiger partial charge < -0.3 is 14.2 Å². The predicted octanol–water partition coefficient (Wildman–Crippen LogP) is 15.9. The summed E-state index contributed by atoms with van der Waals surface area (Å²) in [5.74, 6) is -0.913. The third-order valence-electron chi connectivity index (χ3n) is 10.6. The summed E-state index contributed by atoms with van der Waals surface area (Å²) in [5, 5.41) is 0. The Morgan fingerprint density at radius 3 is 1.02 bits per heavy atom. The molecular weight excluding hydrogens is 721 g/mol. The molecule has 0 aliphatic heterocycles. The molecule has 6 nitrogen and oxygen atoms in total. The lowest BCUT2D eigenvalue weighted by Crippen LogP contribution is -2.30. The zero-order valence-corrected chi connectivity index (χ0v) is 38.3. The van der Waals surface area contributed by atoms with Gasteiger partial charge in [0, 0.05) is 19.3 Å². The van der Waals surface area contributed by atoms with Crippen LogP contribution in [0.5, 0.6) is 0 Å². The Bertz CT molecular complexity index is 1030. The molecule has 0 aromatic heterocycles. The van der Waals surface area contributed by atoms with Gasteiger partial charge in [-0.25, -0.2) is 0 Å². The molecule has 0 aromatic rings. The lowest BCUT2D eigenvalue weighted by molar-refractivity contribution is -0.167. The third kappa shape index (κ3) is 44.5. The van der Waals surface area contributed by atoms with Crippen LogP contribution in [0.25, 0.3) is 0 Å². The maximum Gasteiger partial charge on any atom is 0.306 e. The molecule has 0 bridgehead atoms. The van der Waals surface area contributed by atoms with Gasteiger partial charge >= 0.3 is 17.9 Å². The molecular formula is C52H92O6. The second kappa shape index (κ2) is 47.1. The average molecular weight is 813 g/mol. The van der Waals surface area contributed by atoms with Crippen molar-refractivity contribution < 1.29 is 28.6 Å². The fourth-order valence-corrected chi connectivity index (χ4v) is 6.80. The molecule has 6 heteroatoms. The number of esters is 3. The van der Waals surface area contributed by atoms with E-state index in [0.29, 0.717) is 19.3 Å². The minimum Gasteiger partial charge on any atom is -0.462 e. The second-order valence-electron chi connectivity index (χ2n) is 16.4. The van der Waals surface area contributed by atoms with Crippen molar-refractivity contribution in [2.45, 2.75) is 252 Å². The van der Waals surface area contributed by atoms with Crippen LogP contribution in [0.1, 0.15) is 245 Å². The van der Waals surface area contributed by atoms with E-state index in [2.05, 4.69) is 69.4 Å². The highest BCUT2D eigenvalue weighted by molar-refractivity contribution is 5.71. The Hall–Kier alpha value is -2.63. The molecule has 0 aliphatic carbocycles. The summed E-state index contributed by atoms with van der Waals surface area (Å²) < 4.78 is 16.7. The highest BCUT2D eigenvalue weighted by Crippen LogP contribution is 2.14. The molecule has 0 saturated heterocycles. The first kappa shape index (κ1) is 55.4. The summed E-state index contributed by atoms with van der Waals surface area (Å²) in [5.41, 5.74) is 0. The van der Waals surface area contributed by atoms with Gasteiger partial charge in [0.25, 0.3) is 0 Å². The Morgan fingerprint density at radius 2 is 0.621 bits per heavy atom. The minimum absolute atomic E-state index is 0.0823. The Morgan fingerprint density at radius 1 is 0.345 bits per heavy atom. The highest BCUT2D eigenvalue weighted by atomic mass is 16.6. The standard InChI is InChI=1S/C52H92O6/c1-4-7-10-13-16-19-21-23-25-26-27-29-30-33-36-39-42-45-51(54)57-48-49(47-56-50(53)44-41-38-35-32-18-15-12-9-6-3)58-52(55)46-43-40-37-34-31-28-24-22-20-17-14-11-8-5-2/h16,19,22-25,27,29,49H,4-15,17-18,20-21,26,28,30-48H2,1-3H3/b19-16-,24-22-,25-23-,29-27-/t49-/m1/s1. The summed E-state index contributed by atoms with van der Waals surface area (Å²) in [4.78, 5) is 37.8. The summed E-state index contributed by atoms with van der Waals surface area (Å²) in [6, 6.07) is 0. The molecule has 1 atom stereocenters. The number of carbonyl (C=O) groups is 3.